The summed E-state index contributed by atoms with van der Waals surface area (Å²) >= 11 is 0. The smallest absolute Gasteiger partial charge is 0.194 e. The monoisotopic (exact) mass is 434 g/mol. The van der Waals surface area contributed by atoms with E-state index in [0.29, 0.717) is 12.5 Å². The number of guanidine groups is 1. The fourth-order valence-electron chi connectivity index (χ4n) is 3.03. The molecule has 6 heteroatoms. The Labute approximate surface area is 157 Å². The number of hydrogen-bond acceptors (Lipinski definition) is 3. The Bertz CT molecular complexity index is 477. The first-order valence-corrected chi connectivity index (χ1v) is 8.58. The molecule has 23 heavy (non-hydrogen) atoms. The van der Waals surface area contributed by atoms with Gasteiger partial charge in [-0.05, 0) is 31.6 Å². The minimum atomic E-state index is 0. The van der Waals surface area contributed by atoms with Crippen molar-refractivity contribution in [3.05, 3.63) is 17.5 Å². The predicted octanol–water partition coefficient (Wildman–Crippen LogP) is 4.00. The summed E-state index contributed by atoms with van der Waals surface area (Å²) in [6, 6.07) is 2.08. The third-order valence-corrected chi connectivity index (χ3v) is 4.70. The maximum atomic E-state index is 5.46. The normalized spacial score (nSPS) is 16.6. The summed E-state index contributed by atoms with van der Waals surface area (Å²) in [7, 11) is 1.84. The second-order valence-corrected chi connectivity index (χ2v) is 6.30. The van der Waals surface area contributed by atoms with Crippen molar-refractivity contribution in [2.75, 3.05) is 20.1 Å². The first-order chi connectivity index (χ1) is 10.7. The quantitative estimate of drug-likeness (QED) is 0.433. The molecule has 1 fully saturated rings. The van der Waals surface area contributed by atoms with Crippen molar-refractivity contribution >= 4 is 29.9 Å². The van der Waals surface area contributed by atoms with Crippen LogP contribution in [0.3, 0.4) is 0 Å². The maximum absolute atomic E-state index is 5.46. The number of aliphatic imine (C=N–C) groups is 1. The molecule has 0 aliphatic carbocycles. The predicted molar refractivity (Wildman–Crippen MR) is 105 cm³/mol. The van der Waals surface area contributed by atoms with Gasteiger partial charge < -0.3 is 14.7 Å². The number of hydrogen-bond donors (Lipinski definition) is 1. The second kappa shape index (κ2) is 10.2. The van der Waals surface area contributed by atoms with Crippen molar-refractivity contribution < 1.29 is 4.52 Å². The number of nitrogens with one attached hydrogen (secondary N) is 1. The standard InChI is InChI=1S/C17H30N4O.HI/c1-5-14(6-2)16-11-15(22-20-16)12-19-17(18-4)21-9-7-13(3)8-10-21;/h11,13-14H,5-10,12H2,1-4H3,(H,18,19);1H. The van der Waals surface area contributed by atoms with Gasteiger partial charge in [-0.3, -0.25) is 4.99 Å². The SMILES string of the molecule is CCC(CC)c1cc(CNC(=NC)N2CCC(C)CC2)on1.I. The van der Waals surface area contributed by atoms with Crippen LogP contribution in [0.5, 0.6) is 0 Å². The third-order valence-electron chi connectivity index (χ3n) is 4.70. The van der Waals surface area contributed by atoms with Crippen LogP contribution in [0.4, 0.5) is 0 Å². The molecule has 0 amide bonds. The highest BCUT2D eigenvalue weighted by atomic mass is 127. The Morgan fingerprint density at radius 3 is 2.61 bits per heavy atom. The van der Waals surface area contributed by atoms with Crippen LogP contribution in [-0.4, -0.2) is 36.2 Å². The van der Waals surface area contributed by atoms with Gasteiger partial charge in [-0.1, -0.05) is 25.9 Å². The van der Waals surface area contributed by atoms with Crippen molar-refractivity contribution in [2.45, 2.75) is 58.9 Å². The number of halogens is 1. The Balaban J connectivity index is 0.00000264. The van der Waals surface area contributed by atoms with Crippen molar-refractivity contribution in [1.29, 1.82) is 0 Å². The minimum absolute atomic E-state index is 0. The van der Waals surface area contributed by atoms with E-state index in [0.717, 1.165) is 49.3 Å². The summed E-state index contributed by atoms with van der Waals surface area (Å²) in [6.45, 7) is 9.51. The highest BCUT2D eigenvalue weighted by molar-refractivity contribution is 14.0. The highest BCUT2D eigenvalue weighted by Gasteiger charge is 2.19. The van der Waals surface area contributed by atoms with Crippen LogP contribution < -0.4 is 5.32 Å². The zero-order valence-corrected chi connectivity index (χ0v) is 17.2. The van der Waals surface area contributed by atoms with Crippen molar-refractivity contribution in [3.63, 3.8) is 0 Å². The van der Waals surface area contributed by atoms with Crippen LogP contribution in [-0.2, 0) is 6.54 Å². The number of likely N-dealkylation sites (tertiary alicyclic amines) is 1. The second-order valence-electron chi connectivity index (χ2n) is 6.30. The summed E-state index contributed by atoms with van der Waals surface area (Å²) in [5.41, 5.74) is 1.07. The van der Waals surface area contributed by atoms with Gasteiger partial charge in [0, 0.05) is 32.1 Å². The van der Waals surface area contributed by atoms with Gasteiger partial charge in [-0.15, -0.1) is 24.0 Å². The van der Waals surface area contributed by atoms with Gasteiger partial charge in [-0.25, -0.2) is 0 Å². The van der Waals surface area contributed by atoms with E-state index in [1.165, 1.54) is 12.8 Å². The van der Waals surface area contributed by atoms with Gasteiger partial charge >= 0.3 is 0 Å². The molecular weight excluding hydrogens is 403 g/mol. The van der Waals surface area contributed by atoms with Crippen molar-refractivity contribution in [1.82, 2.24) is 15.4 Å². The zero-order valence-electron chi connectivity index (χ0n) is 14.8. The van der Waals surface area contributed by atoms with Gasteiger partial charge in [0.05, 0.1) is 12.2 Å². The van der Waals surface area contributed by atoms with E-state index >= 15 is 0 Å². The Morgan fingerprint density at radius 1 is 1.39 bits per heavy atom. The number of rotatable bonds is 5. The molecule has 0 aromatic carbocycles. The Hall–Kier alpha value is -0.790. The van der Waals surface area contributed by atoms with Crippen LogP contribution in [0.2, 0.25) is 0 Å². The van der Waals surface area contributed by atoms with E-state index in [1.54, 1.807) is 0 Å². The van der Waals surface area contributed by atoms with E-state index in [9.17, 15) is 0 Å². The topological polar surface area (TPSA) is 53.7 Å². The van der Waals surface area contributed by atoms with Gasteiger partial charge in [0.15, 0.2) is 11.7 Å². The summed E-state index contributed by atoms with van der Waals surface area (Å²) in [5, 5.41) is 7.62. The number of piperidine rings is 1. The van der Waals surface area contributed by atoms with Crippen LogP contribution in [0.25, 0.3) is 0 Å². The molecule has 1 aliphatic rings. The molecule has 0 bridgehead atoms. The van der Waals surface area contributed by atoms with Crippen LogP contribution in [0.1, 0.15) is 63.8 Å². The lowest BCUT2D eigenvalue weighted by Gasteiger charge is -2.32. The van der Waals surface area contributed by atoms with Gasteiger partial charge in [-0.2, -0.15) is 0 Å². The minimum Gasteiger partial charge on any atom is -0.359 e. The maximum Gasteiger partial charge on any atom is 0.194 e. The van der Waals surface area contributed by atoms with E-state index < -0.39 is 0 Å². The lowest BCUT2D eigenvalue weighted by Crippen LogP contribution is -2.45. The molecule has 5 nitrogen and oxygen atoms in total. The average molecular weight is 434 g/mol. The molecule has 1 aromatic rings. The van der Waals surface area contributed by atoms with Gasteiger partial charge in [0.1, 0.15) is 0 Å². The van der Waals surface area contributed by atoms with E-state index in [-0.39, 0.29) is 24.0 Å². The van der Waals surface area contributed by atoms with E-state index in [1.807, 2.05) is 7.05 Å². The number of nitrogens with zero attached hydrogens (tertiary/aromatic N) is 3. The fraction of sp³-hybridized carbons (Fsp3) is 0.765. The molecule has 0 atom stereocenters. The average Bonchev–Trinajstić information content (AvgIpc) is 2.99. The summed E-state index contributed by atoms with van der Waals surface area (Å²) < 4.78 is 5.46. The first kappa shape index (κ1) is 20.3. The van der Waals surface area contributed by atoms with Gasteiger partial charge in [0.2, 0.25) is 0 Å². The van der Waals surface area contributed by atoms with Gasteiger partial charge in [0.25, 0.3) is 0 Å². The number of aromatic nitrogens is 1. The molecule has 1 aromatic heterocycles. The first-order valence-electron chi connectivity index (χ1n) is 8.58. The molecular formula is C17H31IN4O. The molecule has 2 rings (SSSR count). The summed E-state index contributed by atoms with van der Waals surface area (Å²) in [6.07, 6.45) is 4.68. The summed E-state index contributed by atoms with van der Waals surface area (Å²) in [4.78, 5) is 6.73. The molecule has 0 saturated carbocycles. The van der Waals surface area contributed by atoms with Crippen LogP contribution in [0, 0.1) is 5.92 Å². The Morgan fingerprint density at radius 2 is 2.04 bits per heavy atom. The molecule has 0 spiro atoms. The molecule has 1 aliphatic heterocycles. The molecule has 1 saturated heterocycles. The molecule has 132 valence electrons. The molecule has 1 N–H and O–H groups in total. The molecule has 2 heterocycles. The van der Waals surface area contributed by atoms with Crippen LogP contribution >= 0.6 is 24.0 Å². The molecule has 0 radical (unpaired) electrons. The third kappa shape index (κ3) is 5.65. The van der Waals surface area contributed by atoms with Crippen molar-refractivity contribution in [3.8, 4) is 0 Å². The fourth-order valence-corrected chi connectivity index (χ4v) is 3.03. The highest BCUT2D eigenvalue weighted by Crippen LogP contribution is 2.22. The Kier molecular flexibility index (Phi) is 8.94. The lowest BCUT2D eigenvalue weighted by molar-refractivity contribution is 0.272. The zero-order chi connectivity index (χ0) is 15.9. The largest absolute Gasteiger partial charge is 0.359 e. The lowest BCUT2D eigenvalue weighted by atomic mass is 9.99. The summed E-state index contributed by atoms with van der Waals surface area (Å²) in [5.74, 6) is 3.17. The van der Waals surface area contributed by atoms with E-state index in [4.69, 9.17) is 4.52 Å². The molecule has 0 unspecified atom stereocenters. The van der Waals surface area contributed by atoms with E-state index in [2.05, 4.69) is 47.2 Å². The van der Waals surface area contributed by atoms with Crippen LogP contribution in [0.15, 0.2) is 15.6 Å². The van der Waals surface area contributed by atoms with Crippen molar-refractivity contribution in [2.24, 2.45) is 10.9 Å².